The molecule has 0 amide bonds. The lowest BCUT2D eigenvalue weighted by atomic mass is 9.89. The number of hydrogen-bond acceptors (Lipinski definition) is 3. The van der Waals surface area contributed by atoms with E-state index in [1.165, 1.54) is 16.7 Å². The molecule has 0 aliphatic rings. The van der Waals surface area contributed by atoms with Crippen molar-refractivity contribution in [3.05, 3.63) is 59.2 Å². The fraction of sp³-hybridized carbons (Fsp3) is 0.368. The number of methoxy groups -OCH3 is 1. The molecule has 0 aliphatic carbocycles. The first-order valence-corrected chi connectivity index (χ1v) is 7.74. The standard InChI is InChI=1S/C19H25NO2/c1-4-22-18-7-5-6-15(12-18)11-16(13-20)19-9-8-17(21-3)10-14(19)2/h5-10,12,16H,4,11,13,20H2,1-3H3. The van der Waals surface area contributed by atoms with E-state index < -0.39 is 0 Å². The number of hydrogen-bond donors (Lipinski definition) is 1. The summed E-state index contributed by atoms with van der Waals surface area (Å²) in [5.41, 5.74) is 9.77. The minimum absolute atomic E-state index is 0.294. The second kappa shape index (κ2) is 7.85. The lowest BCUT2D eigenvalue weighted by molar-refractivity contribution is 0.340. The van der Waals surface area contributed by atoms with Gasteiger partial charge in [-0.05, 0) is 67.8 Å². The Bertz CT molecular complexity index is 610. The summed E-state index contributed by atoms with van der Waals surface area (Å²) in [6.07, 6.45) is 0.907. The van der Waals surface area contributed by atoms with Crippen molar-refractivity contribution in [3.8, 4) is 11.5 Å². The topological polar surface area (TPSA) is 44.5 Å². The summed E-state index contributed by atoms with van der Waals surface area (Å²) in [5.74, 6) is 2.10. The summed E-state index contributed by atoms with van der Waals surface area (Å²) in [6, 6.07) is 14.4. The quantitative estimate of drug-likeness (QED) is 0.848. The van der Waals surface area contributed by atoms with E-state index in [-0.39, 0.29) is 0 Å². The molecule has 1 unspecified atom stereocenters. The molecule has 0 spiro atoms. The molecule has 0 radical (unpaired) electrons. The van der Waals surface area contributed by atoms with Crippen molar-refractivity contribution in [2.24, 2.45) is 5.73 Å². The molecule has 0 bridgehead atoms. The first-order valence-electron chi connectivity index (χ1n) is 7.74. The Labute approximate surface area is 133 Å². The average molecular weight is 299 g/mol. The van der Waals surface area contributed by atoms with Crippen LogP contribution in [0.5, 0.6) is 11.5 Å². The molecular formula is C19H25NO2. The fourth-order valence-corrected chi connectivity index (χ4v) is 2.77. The smallest absolute Gasteiger partial charge is 0.119 e. The van der Waals surface area contributed by atoms with Crippen LogP contribution in [0, 0.1) is 6.92 Å². The summed E-state index contributed by atoms with van der Waals surface area (Å²) in [6.45, 7) is 5.40. The van der Waals surface area contributed by atoms with E-state index in [2.05, 4.69) is 31.2 Å². The molecule has 3 heteroatoms. The molecule has 2 rings (SSSR count). The van der Waals surface area contributed by atoms with Gasteiger partial charge in [0.1, 0.15) is 11.5 Å². The number of aryl methyl sites for hydroxylation is 1. The molecule has 0 heterocycles. The second-order valence-corrected chi connectivity index (χ2v) is 5.44. The third kappa shape index (κ3) is 4.01. The zero-order valence-electron chi connectivity index (χ0n) is 13.6. The minimum Gasteiger partial charge on any atom is -0.497 e. The number of ether oxygens (including phenoxy) is 2. The Kier molecular flexibility index (Phi) is 5.84. The van der Waals surface area contributed by atoms with E-state index >= 15 is 0 Å². The van der Waals surface area contributed by atoms with E-state index in [1.54, 1.807) is 7.11 Å². The van der Waals surface area contributed by atoms with Crippen LogP contribution in [0.25, 0.3) is 0 Å². The maximum atomic E-state index is 6.03. The van der Waals surface area contributed by atoms with Crippen LogP contribution in [0.3, 0.4) is 0 Å². The highest BCUT2D eigenvalue weighted by molar-refractivity contribution is 5.38. The van der Waals surface area contributed by atoms with Gasteiger partial charge in [0.15, 0.2) is 0 Å². The molecule has 3 nitrogen and oxygen atoms in total. The molecular weight excluding hydrogens is 274 g/mol. The van der Waals surface area contributed by atoms with Crippen LogP contribution in [-0.2, 0) is 6.42 Å². The maximum absolute atomic E-state index is 6.03. The minimum atomic E-state index is 0.294. The van der Waals surface area contributed by atoms with Gasteiger partial charge < -0.3 is 15.2 Å². The van der Waals surface area contributed by atoms with E-state index in [1.807, 2.05) is 25.1 Å². The predicted molar refractivity (Wildman–Crippen MR) is 90.8 cm³/mol. The molecule has 0 saturated heterocycles. The highest BCUT2D eigenvalue weighted by Gasteiger charge is 2.14. The van der Waals surface area contributed by atoms with E-state index in [9.17, 15) is 0 Å². The van der Waals surface area contributed by atoms with Crippen LogP contribution in [0.1, 0.15) is 29.5 Å². The van der Waals surface area contributed by atoms with Crippen molar-refractivity contribution in [2.75, 3.05) is 20.3 Å². The normalized spacial score (nSPS) is 12.0. The summed E-state index contributed by atoms with van der Waals surface area (Å²) < 4.78 is 10.9. The van der Waals surface area contributed by atoms with Gasteiger partial charge in [-0.3, -0.25) is 0 Å². The van der Waals surface area contributed by atoms with Crippen LogP contribution >= 0.6 is 0 Å². The van der Waals surface area contributed by atoms with E-state index in [0.717, 1.165) is 17.9 Å². The Hall–Kier alpha value is -2.00. The zero-order chi connectivity index (χ0) is 15.9. The van der Waals surface area contributed by atoms with Crippen molar-refractivity contribution in [3.63, 3.8) is 0 Å². The molecule has 0 aliphatic heterocycles. The molecule has 0 saturated carbocycles. The summed E-state index contributed by atoms with van der Waals surface area (Å²) >= 11 is 0. The van der Waals surface area contributed by atoms with Crippen molar-refractivity contribution < 1.29 is 9.47 Å². The van der Waals surface area contributed by atoms with Crippen molar-refractivity contribution in [1.82, 2.24) is 0 Å². The highest BCUT2D eigenvalue weighted by Crippen LogP contribution is 2.27. The fourth-order valence-electron chi connectivity index (χ4n) is 2.77. The summed E-state index contributed by atoms with van der Waals surface area (Å²) in [5, 5.41) is 0. The largest absolute Gasteiger partial charge is 0.497 e. The van der Waals surface area contributed by atoms with Crippen LogP contribution in [0.4, 0.5) is 0 Å². The molecule has 22 heavy (non-hydrogen) atoms. The van der Waals surface area contributed by atoms with Crippen LogP contribution in [0.2, 0.25) is 0 Å². The van der Waals surface area contributed by atoms with Gasteiger partial charge in [0.25, 0.3) is 0 Å². The third-order valence-corrected chi connectivity index (χ3v) is 3.89. The molecule has 0 fully saturated rings. The monoisotopic (exact) mass is 299 g/mol. The first kappa shape index (κ1) is 16.4. The van der Waals surface area contributed by atoms with Gasteiger partial charge >= 0.3 is 0 Å². The van der Waals surface area contributed by atoms with Gasteiger partial charge in [0.2, 0.25) is 0 Å². The van der Waals surface area contributed by atoms with Gasteiger partial charge in [-0.15, -0.1) is 0 Å². The van der Waals surface area contributed by atoms with Gasteiger partial charge in [-0.2, -0.15) is 0 Å². The predicted octanol–water partition coefficient (Wildman–Crippen LogP) is 3.69. The molecule has 0 aromatic heterocycles. The van der Waals surface area contributed by atoms with E-state index in [4.69, 9.17) is 15.2 Å². The van der Waals surface area contributed by atoms with Gasteiger partial charge in [-0.1, -0.05) is 18.2 Å². The van der Waals surface area contributed by atoms with E-state index in [0.29, 0.717) is 19.1 Å². The lowest BCUT2D eigenvalue weighted by Crippen LogP contribution is -2.16. The summed E-state index contributed by atoms with van der Waals surface area (Å²) in [4.78, 5) is 0. The Morgan fingerprint density at radius 3 is 2.55 bits per heavy atom. The Balaban J connectivity index is 2.20. The number of benzene rings is 2. The maximum Gasteiger partial charge on any atom is 0.119 e. The van der Waals surface area contributed by atoms with Gasteiger partial charge in [0.05, 0.1) is 13.7 Å². The SMILES string of the molecule is CCOc1cccc(CC(CN)c2ccc(OC)cc2C)c1. The highest BCUT2D eigenvalue weighted by atomic mass is 16.5. The molecule has 2 aromatic rings. The summed E-state index contributed by atoms with van der Waals surface area (Å²) in [7, 11) is 1.69. The molecule has 2 N–H and O–H groups in total. The molecule has 118 valence electrons. The molecule has 1 atom stereocenters. The third-order valence-electron chi connectivity index (χ3n) is 3.89. The number of nitrogens with two attached hydrogens (primary N) is 1. The average Bonchev–Trinajstić information content (AvgIpc) is 2.53. The molecule has 2 aromatic carbocycles. The van der Waals surface area contributed by atoms with Crippen molar-refractivity contribution >= 4 is 0 Å². The van der Waals surface area contributed by atoms with Gasteiger partial charge in [-0.25, -0.2) is 0 Å². The number of rotatable bonds is 7. The van der Waals surface area contributed by atoms with Crippen molar-refractivity contribution in [2.45, 2.75) is 26.2 Å². The van der Waals surface area contributed by atoms with Crippen molar-refractivity contribution in [1.29, 1.82) is 0 Å². The second-order valence-electron chi connectivity index (χ2n) is 5.44. The van der Waals surface area contributed by atoms with Crippen LogP contribution in [-0.4, -0.2) is 20.3 Å². The Morgan fingerprint density at radius 1 is 1.09 bits per heavy atom. The zero-order valence-corrected chi connectivity index (χ0v) is 13.6. The van der Waals surface area contributed by atoms with Crippen LogP contribution < -0.4 is 15.2 Å². The lowest BCUT2D eigenvalue weighted by Gasteiger charge is -2.19. The first-order chi connectivity index (χ1) is 10.7. The van der Waals surface area contributed by atoms with Crippen LogP contribution in [0.15, 0.2) is 42.5 Å². The Morgan fingerprint density at radius 2 is 1.91 bits per heavy atom. The van der Waals surface area contributed by atoms with Gasteiger partial charge in [0, 0.05) is 5.92 Å².